The van der Waals surface area contributed by atoms with E-state index in [9.17, 15) is 4.79 Å². The van der Waals surface area contributed by atoms with Gasteiger partial charge in [0.2, 0.25) is 11.1 Å². The van der Waals surface area contributed by atoms with Crippen LogP contribution in [0.2, 0.25) is 0 Å². The van der Waals surface area contributed by atoms with Gasteiger partial charge in [0.05, 0.1) is 17.9 Å². The van der Waals surface area contributed by atoms with Gasteiger partial charge in [-0.2, -0.15) is 0 Å². The summed E-state index contributed by atoms with van der Waals surface area (Å²) in [6, 6.07) is 7.51. The van der Waals surface area contributed by atoms with Crippen LogP contribution in [0.1, 0.15) is 32.6 Å². The number of nitrogen functional groups attached to an aromatic ring is 1. The van der Waals surface area contributed by atoms with Gasteiger partial charge in [-0.15, -0.1) is 10.2 Å². The summed E-state index contributed by atoms with van der Waals surface area (Å²) in [6.45, 7) is 3.58. The SMILES string of the molecule is COc1ccccc1-c1nnc(SC(C)C(=O)N2CCCCCC2)n1N. The molecule has 140 valence electrons. The molecule has 1 amide bonds. The van der Waals surface area contributed by atoms with Crippen molar-refractivity contribution >= 4 is 17.7 Å². The zero-order chi connectivity index (χ0) is 18.5. The number of ether oxygens (including phenoxy) is 1. The van der Waals surface area contributed by atoms with Crippen molar-refractivity contribution in [3.05, 3.63) is 24.3 Å². The Bertz CT molecular complexity index is 756. The van der Waals surface area contributed by atoms with Gasteiger partial charge >= 0.3 is 0 Å². The van der Waals surface area contributed by atoms with Gasteiger partial charge in [0.25, 0.3) is 0 Å². The van der Waals surface area contributed by atoms with Crippen molar-refractivity contribution in [1.29, 1.82) is 0 Å². The van der Waals surface area contributed by atoms with E-state index >= 15 is 0 Å². The average molecular weight is 375 g/mol. The van der Waals surface area contributed by atoms with E-state index in [-0.39, 0.29) is 11.2 Å². The summed E-state index contributed by atoms with van der Waals surface area (Å²) in [7, 11) is 1.60. The lowest BCUT2D eigenvalue weighted by molar-refractivity contribution is -0.130. The first-order valence-corrected chi connectivity index (χ1v) is 9.79. The Hall–Kier alpha value is -2.22. The van der Waals surface area contributed by atoms with Crippen LogP contribution in [0, 0.1) is 0 Å². The molecule has 0 bridgehead atoms. The second kappa shape index (κ2) is 8.44. The average Bonchev–Trinajstić information content (AvgIpc) is 2.87. The fourth-order valence-electron chi connectivity index (χ4n) is 3.13. The van der Waals surface area contributed by atoms with Crippen LogP contribution >= 0.6 is 11.8 Å². The Morgan fingerprint density at radius 1 is 1.19 bits per heavy atom. The first-order valence-electron chi connectivity index (χ1n) is 8.91. The number of rotatable bonds is 5. The summed E-state index contributed by atoms with van der Waals surface area (Å²) in [4.78, 5) is 14.7. The third kappa shape index (κ3) is 3.95. The maximum atomic E-state index is 12.7. The molecule has 0 spiro atoms. The van der Waals surface area contributed by atoms with Gasteiger partial charge in [0.1, 0.15) is 5.75 Å². The smallest absolute Gasteiger partial charge is 0.235 e. The molecule has 1 saturated heterocycles. The molecule has 8 heteroatoms. The van der Waals surface area contributed by atoms with Gasteiger partial charge in [-0.05, 0) is 31.9 Å². The summed E-state index contributed by atoms with van der Waals surface area (Å²) in [5, 5.41) is 8.63. The van der Waals surface area contributed by atoms with Crippen molar-refractivity contribution in [2.75, 3.05) is 26.0 Å². The van der Waals surface area contributed by atoms with E-state index in [0.717, 1.165) is 31.5 Å². The zero-order valence-corrected chi connectivity index (χ0v) is 16.0. The number of benzene rings is 1. The number of carbonyl (C=O) groups excluding carboxylic acids is 1. The number of aromatic nitrogens is 3. The molecule has 1 fully saturated rings. The third-order valence-electron chi connectivity index (χ3n) is 4.56. The number of likely N-dealkylation sites (tertiary alicyclic amines) is 1. The van der Waals surface area contributed by atoms with Crippen LogP contribution in [-0.2, 0) is 4.79 Å². The number of carbonyl (C=O) groups is 1. The van der Waals surface area contributed by atoms with Gasteiger partial charge in [-0.25, -0.2) is 4.68 Å². The highest BCUT2D eigenvalue weighted by Crippen LogP contribution is 2.30. The molecule has 1 atom stereocenters. The third-order valence-corrected chi connectivity index (χ3v) is 5.60. The van der Waals surface area contributed by atoms with Gasteiger partial charge in [0, 0.05) is 13.1 Å². The van der Waals surface area contributed by atoms with Crippen molar-refractivity contribution in [3.63, 3.8) is 0 Å². The topological polar surface area (TPSA) is 86.3 Å². The maximum Gasteiger partial charge on any atom is 0.235 e. The summed E-state index contributed by atoms with van der Waals surface area (Å²) in [6.07, 6.45) is 4.55. The minimum absolute atomic E-state index is 0.138. The molecule has 26 heavy (non-hydrogen) atoms. The molecule has 2 aromatic rings. The molecule has 1 aromatic heterocycles. The number of thioether (sulfide) groups is 1. The van der Waals surface area contributed by atoms with Crippen LogP contribution in [0.4, 0.5) is 0 Å². The van der Waals surface area contributed by atoms with Crippen LogP contribution in [-0.4, -0.2) is 51.1 Å². The van der Waals surface area contributed by atoms with E-state index in [1.54, 1.807) is 7.11 Å². The van der Waals surface area contributed by atoms with Crippen LogP contribution in [0.5, 0.6) is 5.75 Å². The van der Waals surface area contributed by atoms with E-state index in [1.807, 2.05) is 36.1 Å². The van der Waals surface area contributed by atoms with Crippen LogP contribution in [0.3, 0.4) is 0 Å². The number of nitrogens with zero attached hydrogens (tertiary/aromatic N) is 4. The summed E-state index contributed by atoms with van der Waals surface area (Å²) in [5.74, 6) is 7.53. The van der Waals surface area contributed by atoms with E-state index in [4.69, 9.17) is 10.6 Å². The van der Waals surface area contributed by atoms with Crippen molar-refractivity contribution < 1.29 is 9.53 Å². The van der Waals surface area contributed by atoms with E-state index < -0.39 is 0 Å². The molecule has 1 aliphatic heterocycles. The van der Waals surface area contributed by atoms with Crippen LogP contribution < -0.4 is 10.6 Å². The fourth-order valence-corrected chi connectivity index (χ4v) is 3.98. The minimum Gasteiger partial charge on any atom is -0.496 e. The second-order valence-electron chi connectivity index (χ2n) is 6.38. The first-order chi connectivity index (χ1) is 12.6. The highest BCUT2D eigenvalue weighted by Gasteiger charge is 2.25. The predicted octanol–water partition coefficient (Wildman–Crippen LogP) is 2.55. The molecule has 0 saturated carbocycles. The van der Waals surface area contributed by atoms with Crippen molar-refractivity contribution in [3.8, 4) is 17.1 Å². The fraction of sp³-hybridized carbons (Fsp3) is 0.500. The molecule has 0 aliphatic carbocycles. The highest BCUT2D eigenvalue weighted by atomic mass is 32.2. The quantitative estimate of drug-likeness (QED) is 0.638. The molecule has 7 nitrogen and oxygen atoms in total. The number of hydrogen-bond donors (Lipinski definition) is 1. The zero-order valence-electron chi connectivity index (χ0n) is 15.2. The van der Waals surface area contributed by atoms with Gasteiger partial charge in [-0.1, -0.05) is 36.7 Å². The Morgan fingerprint density at radius 3 is 2.58 bits per heavy atom. The summed E-state index contributed by atoms with van der Waals surface area (Å²) >= 11 is 1.34. The van der Waals surface area contributed by atoms with E-state index in [0.29, 0.717) is 16.7 Å². The lowest BCUT2D eigenvalue weighted by Gasteiger charge is -2.23. The lowest BCUT2D eigenvalue weighted by atomic mass is 10.2. The lowest BCUT2D eigenvalue weighted by Crippen LogP contribution is -2.37. The van der Waals surface area contributed by atoms with Gasteiger partial charge in [-0.3, -0.25) is 4.79 Å². The molecule has 1 unspecified atom stereocenters. The monoisotopic (exact) mass is 375 g/mol. The maximum absolute atomic E-state index is 12.7. The molecule has 2 heterocycles. The number of amides is 1. The number of hydrogen-bond acceptors (Lipinski definition) is 6. The van der Waals surface area contributed by atoms with E-state index in [1.165, 1.54) is 29.3 Å². The van der Waals surface area contributed by atoms with Crippen molar-refractivity contribution in [1.82, 2.24) is 19.8 Å². The van der Waals surface area contributed by atoms with Crippen LogP contribution in [0.25, 0.3) is 11.4 Å². The molecule has 0 radical (unpaired) electrons. The molecular formula is C18H25N5O2S. The second-order valence-corrected chi connectivity index (χ2v) is 7.68. The molecule has 1 aliphatic rings. The number of nitrogens with two attached hydrogens (primary N) is 1. The predicted molar refractivity (Wildman–Crippen MR) is 103 cm³/mol. The van der Waals surface area contributed by atoms with Crippen molar-refractivity contribution in [2.24, 2.45) is 0 Å². The molecular weight excluding hydrogens is 350 g/mol. The number of methoxy groups -OCH3 is 1. The Labute approximate surface area is 157 Å². The molecule has 1 aromatic carbocycles. The normalized spacial score (nSPS) is 16.2. The summed E-state index contributed by atoms with van der Waals surface area (Å²) < 4.78 is 6.80. The van der Waals surface area contributed by atoms with Crippen molar-refractivity contribution in [2.45, 2.75) is 43.0 Å². The Balaban J connectivity index is 1.74. The largest absolute Gasteiger partial charge is 0.496 e. The van der Waals surface area contributed by atoms with Gasteiger partial charge in [0.15, 0.2) is 5.82 Å². The minimum atomic E-state index is -0.259. The Kier molecular flexibility index (Phi) is 6.03. The van der Waals surface area contributed by atoms with Crippen LogP contribution in [0.15, 0.2) is 29.4 Å². The van der Waals surface area contributed by atoms with E-state index in [2.05, 4.69) is 10.2 Å². The Morgan fingerprint density at radius 2 is 1.88 bits per heavy atom. The standard InChI is InChI=1S/C18H25N5O2S/c1-13(17(24)22-11-7-3-4-8-12-22)26-18-21-20-16(23(18)19)14-9-5-6-10-15(14)25-2/h5-6,9-10,13H,3-4,7-8,11-12,19H2,1-2H3. The molecule has 2 N–H and O–H groups in total. The highest BCUT2D eigenvalue weighted by molar-refractivity contribution is 8.00. The number of para-hydroxylation sites is 1. The molecule has 3 rings (SSSR count). The summed E-state index contributed by atoms with van der Waals surface area (Å²) in [5.41, 5.74) is 0.767. The first kappa shape index (κ1) is 18.6. The van der Waals surface area contributed by atoms with Gasteiger partial charge < -0.3 is 15.5 Å².